The Morgan fingerprint density at radius 3 is 2.71 bits per heavy atom. The third kappa shape index (κ3) is 4.29. The summed E-state index contributed by atoms with van der Waals surface area (Å²) in [6.07, 6.45) is 0. The van der Waals surface area contributed by atoms with Crippen LogP contribution in [-0.4, -0.2) is 48.9 Å². The van der Waals surface area contributed by atoms with Crippen LogP contribution in [0.1, 0.15) is 25.3 Å². The van der Waals surface area contributed by atoms with Crippen molar-refractivity contribution in [3.8, 4) is 0 Å². The van der Waals surface area contributed by atoms with Crippen molar-refractivity contribution in [2.45, 2.75) is 25.8 Å². The van der Waals surface area contributed by atoms with Gasteiger partial charge < -0.3 is 10.6 Å². The molecule has 5 heteroatoms. The Balaban J connectivity index is 1.82. The third-order valence-electron chi connectivity index (χ3n) is 3.95. The van der Waals surface area contributed by atoms with E-state index in [1.54, 1.807) is 0 Å². The third-order valence-corrected chi connectivity index (χ3v) is 3.95. The molecule has 21 heavy (non-hydrogen) atoms. The van der Waals surface area contributed by atoms with Crippen LogP contribution in [0.4, 0.5) is 0 Å². The number of carbonyl (C=O) groups is 2. The van der Waals surface area contributed by atoms with Gasteiger partial charge >= 0.3 is 0 Å². The molecule has 2 amide bonds. The van der Waals surface area contributed by atoms with E-state index in [2.05, 4.69) is 29.7 Å². The fourth-order valence-electron chi connectivity index (χ4n) is 2.46. The molecule has 1 aromatic rings. The summed E-state index contributed by atoms with van der Waals surface area (Å²) in [4.78, 5) is 25.5. The molecule has 2 rings (SSSR count). The maximum Gasteiger partial charge on any atom is 0.237 e. The molecule has 0 radical (unpaired) electrons. The molecular weight excluding hydrogens is 266 g/mol. The van der Waals surface area contributed by atoms with Gasteiger partial charge in [0.05, 0.1) is 12.6 Å². The summed E-state index contributed by atoms with van der Waals surface area (Å²) in [7, 11) is 0. The quantitative estimate of drug-likeness (QED) is 0.840. The van der Waals surface area contributed by atoms with Crippen molar-refractivity contribution in [2.75, 3.05) is 26.2 Å². The van der Waals surface area contributed by atoms with Crippen LogP contribution in [0, 0.1) is 0 Å². The lowest BCUT2D eigenvalue weighted by atomic mass is 10.0. The standard InChI is InChI=1S/C16H23N3O2/c1-12(14-6-4-3-5-7-14)10-18-16(21)13(2)19-9-8-17-15(20)11-19/h3-7,12-13H,8-11H2,1-2H3,(H,17,20)(H,18,21). The number of benzene rings is 1. The van der Waals surface area contributed by atoms with E-state index in [9.17, 15) is 9.59 Å². The number of nitrogens with zero attached hydrogens (tertiary/aromatic N) is 1. The highest BCUT2D eigenvalue weighted by Crippen LogP contribution is 2.13. The van der Waals surface area contributed by atoms with Gasteiger partial charge in [0.2, 0.25) is 11.8 Å². The Bertz CT molecular complexity index is 490. The number of carbonyl (C=O) groups excluding carboxylic acids is 2. The molecule has 1 saturated heterocycles. The second-order valence-corrected chi connectivity index (χ2v) is 5.55. The van der Waals surface area contributed by atoms with Crippen molar-refractivity contribution < 1.29 is 9.59 Å². The van der Waals surface area contributed by atoms with Crippen molar-refractivity contribution in [1.29, 1.82) is 0 Å². The minimum absolute atomic E-state index is 0.0152. The van der Waals surface area contributed by atoms with Crippen LogP contribution in [0.2, 0.25) is 0 Å². The first-order valence-electron chi connectivity index (χ1n) is 7.41. The number of nitrogens with one attached hydrogen (secondary N) is 2. The first kappa shape index (κ1) is 15.5. The van der Waals surface area contributed by atoms with Gasteiger partial charge in [0, 0.05) is 19.6 Å². The summed E-state index contributed by atoms with van der Waals surface area (Å²) in [6.45, 7) is 6.16. The van der Waals surface area contributed by atoms with E-state index in [1.807, 2.05) is 30.0 Å². The van der Waals surface area contributed by atoms with Gasteiger partial charge in [-0.05, 0) is 18.4 Å². The predicted octanol–water partition coefficient (Wildman–Crippen LogP) is 0.727. The average Bonchev–Trinajstić information content (AvgIpc) is 2.52. The molecule has 0 aromatic heterocycles. The Morgan fingerprint density at radius 2 is 2.05 bits per heavy atom. The minimum atomic E-state index is -0.279. The van der Waals surface area contributed by atoms with Crippen LogP contribution in [0.25, 0.3) is 0 Å². The molecule has 1 heterocycles. The summed E-state index contributed by atoms with van der Waals surface area (Å²) < 4.78 is 0. The van der Waals surface area contributed by atoms with Crippen LogP contribution >= 0.6 is 0 Å². The molecule has 0 bridgehead atoms. The van der Waals surface area contributed by atoms with E-state index >= 15 is 0 Å². The van der Waals surface area contributed by atoms with Crippen LogP contribution in [0.3, 0.4) is 0 Å². The zero-order chi connectivity index (χ0) is 15.2. The second kappa shape index (κ2) is 7.22. The Kier molecular flexibility index (Phi) is 5.33. The highest BCUT2D eigenvalue weighted by atomic mass is 16.2. The summed E-state index contributed by atoms with van der Waals surface area (Å²) >= 11 is 0. The number of hydrogen-bond acceptors (Lipinski definition) is 3. The van der Waals surface area contributed by atoms with Gasteiger partial charge in [0.15, 0.2) is 0 Å². The van der Waals surface area contributed by atoms with E-state index in [1.165, 1.54) is 5.56 Å². The fourth-order valence-corrected chi connectivity index (χ4v) is 2.46. The smallest absolute Gasteiger partial charge is 0.237 e. The molecule has 1 aliphatic rings. The number of rotatable bonds is 5. The zero-order valence-electron chi connectivity index (χ0n) is 12.6. The molecule has 1 aliphatic heterocycles. The molecule has 114 valence electrons. The van der Waals surface area contributed by atoms with Crippen molar-refractivity contribution in [1.82, 2.24) is 15.5 Å². The van der Waals surface area contributed by atoms with Crippen molar-refractivity contribution in [3.05, 3.63) is 35.9 Å². The minimum Gasteiger partial charge on any atom is -0.354 e. The van der Waals surface area contributed by atoms with Crippen molar-refractivity contribution in [2.24, 2.45) is 0 Å². The van der Waals surface area contributed by atoms with Gasteiger partial charge in [0.25, 0.3) is 0 Å². The van der Waals surface area contributed by atoms with Gasteiger partial charge in [-0.15, -0.1) is 0 Å². The molecule has 2 atom stereocenters. The first-order chi connectivity index (χ1) is 10.1. The molecule has 0 saturated carbocycles. The molecule has 2 unspecified atom stereocenters. The lowest BCUT2D eigenvalue weighted by Crippen LogP contribution is -2.55. The molecular formula is C16H23N3O2. The number of hydrogen-bond donors (Lipinski definition) is 2. The van der Waals surface area contributed by atoms with E-state index in [-0.39, 0.29) is 23.8 Å². The summed E-state index contributed by atoms with van der Waals surface area (Å²) in [5, 5.41) is 5.75. The van der Waals surface area contributed by atoms with Gasteiger partial charge in [-0.3, -0.25) is 14.5 Å². The fraction of sp³-hybridized carbons (Fsp3) is 0.500. The SMILES string of the molecule is CC(CNC(=O)C(C)N1CCNC(=O)C1)c1ccccc1. The van der Waals surface area contributed by atoms with E-state index < -0.39 is 0 Å². The monoisotopic (exact) mass is 289 g/mol. The van der Waals surface area contributed by atoms with Gasteiger partial charge in [-0.25, -0.2) is 0 Å². The lowest BCUT2D eigenvalue weighted by Gasteiger charge is -2.31. The highest BCUT2D eigenvalue weighted by Gasteiger charge is 2.25. The van der Waals surface area contributed by atoms with Crippen LogP contribution in [0.15, 0.2) is 30.3 Å². The van der Waals surface area contributed by atoms with Gasteiger partial charge in [-0.1, -0.05) is 37.3 Å². The lowest BCUT2D eigenvalue weighted by molar-refractivity contribution is -0.130. The normalized spacial score (nSPS) is 18.7. The summed E-state index contributed by atoms with van der Waals surface area (Å²) in [5.74, 6) is 0.234. The van der Waals surface area contributed by atoms with Crippen LogP contribution in [-0.2, 0) is 9.59 Å². The Labute approximate surface area is 125 Å². The van der Waals surface area contributed by atoms with Crippen LogP contribution < -0.4 is 10.6 Å². The average molecular weight is 289 g/mol. The number of piperazine rings is 1. The largest absolute Gasteiger partial charge is 0.354 e. The molecule has 0 aliphatic carbocycles. The van der Waals surface area contributed by atoms with Gasteiger partial charge in [-0.2, -0.15) is 0 Å². The summed E-state index contributed by atoms with van der Waals surface area (Å²) in [5.41, 5.74) is 1.21. The predicted molar refractivity (Wildman–Crippen MR) is 81.9 cm³/mol. The number of amides is 2. The molecule has 1 fully saturated rings. The Hall–Kier alpha value is -1.88. The van der Waals surface area contributed by atoms with Crippen molar-refractivity contribution >= 4 is 11.8 Å². The first-order valence-corrected chi connectivity index (χ1v) is 7.41. The highest BCUT2D eigenvalue weighted by molar-refractivity contribution is 5.83. The van der Waals surface area contributed by atoms with Gasteiger partial charge in [0.1, 0.15) is 0 Å². The van der Waals surface area contributed by atoms with E-state index in [4.69, 9.17) is 0 Å². The molecule has 1 aromatic carbocycles. The topological polar surface area (TPSA) is 61.4 Å². The van der Waals surface area contributed by atoms with E-state index in [0.717, 1.165) is 0 Å². The molecule has 0 spiro atoms. The summed E-state index contributed by atoms with van der Waals surface area (Å²) in [6, 6.07) is 9.84. The zero-order valence-corrected chi connectivity index (χ0v) is 12.6. The second-order valence-electron chi connectivity index (χ2n) is 5.55. The molecule has 5 nitrogen and oxygen atoms in total. The maximum absolute atomic E-state index is 12.2. The maximum atomic E-state index is 12.2. The molecule has 2 N–H and O–H groups in total. The van der Waals surface area contributed by atoms with E-state index in [0.29, 0.717) is 26.2 Å². The van der Waals surface area contributed by atoms with Crippen molar-refractivity contribution in [3.63, 3.8) is 0 Å². The Morgan fingerprint density at radius 1 is 1.33 bits per heavy atom. The van der Waals surface area contributed by atoms with Crippen LogP contribution in [0.5, 0.6) is 0 Å².